The summed E-state index contributed by atoms with van der Waals surface area (Å²) in [4.78, 5) is 4.42. The molecular weight excluding hydrogens is 244 g/mol. The fourth-order valence-electron chi connectivity index (χ4n) is 2.78. The van der Waals surface area contributed by atoms with Crippen molar-refractivity contribution in [2.75, 3.05) is 6.54 Å². The first-order valence-corrected chi connectivity index (χ1v) is 8.44. The molecule has 1 atom stereocenters. The van der Waals surface area contributed by atoms with Crippen molar-refractivity contribution in [3.63, 3.8) is 0 Å². The topological polar surface area (TPSA) is 24.9 Å². The van der Waals surface area contributed by atoms with E-state index in [1.165, 1.54) is 62.6 Å². The Morgan fingerprint density at radius 3 is 2.40 bits per heavy atom. The van der Waals surface area contributed by atoms with Gasteiger partial charge in [-0.05, 0) is 31.5 Å². The highest BCUT2D eigenvalue weighted by Gasteiger charge is 2.12. The van der Waals surface area contributed by atoms with Gasteiger partial charge in [0.1, 0.15) is 0 Å². The zero-order valence-electron chi connectivity index (χ0n) is 13.6. The van der Waals surface area contributed by atoms with E-state index in [-0.39, 0.29) is 0 Å². The lowest BCUT2D eigenvalue weighted by atomic mass is 9.98. The smallest absolute Gasteiger partial charge is 0.0420 e. The molecule has 2 nitrogen and oxygen atoms in total. The predicted molar refractivity (Wildman–Crippen MR) is 88.0 cm³/mol. The van der Waals surface area contributed by atoms with E-state index in [1.54, 1.807) is 0 Å². The number of aromatic nitrogens is 1. The number of pyridine rings is 1. The maximum absolute atomic E-state index is 4.42. The van der Waals surface area contributed by atoms with Gasteiger partial charge in [-0.25, -0.2) is 0 Å². The van der Waals surface area contributed by atoms with Gasteiger partial charge in [0.15, 0.2) is 0 Å². The van der Waals surface area contributed by atoms with Crippen LogP contribution in [-0.4, -0.2) is 11.5 Å². The molecule has 1 rings (SSSR count). The molecule has 1 aromatic heterocycles. The molecule has 0 aliphatic rings. The van der Waals surface area contributed by atoms with Crippen molar-refractivity contribution in [2.45, 2.75) is 78.2 Å². The lowest BCUT2D eigenvalue weighted by Gasteiger charge is -2.19. The second-order valence-corrected chi connectivity index (χ2v) is 5.70. The van der Waals surface area contributed by atoms with Gasteiger partial charge >= 0.3 is 0 Å². The zero-order valence-corrected chi connectivity index (χ0v) is 13.6. The van der Waals surface area contributed by atoms with E-state index < -0.39 is 0 Å². The Morgan fingerprint density at radius 1 is 1.05 bits per heavy atom. The number of hydrogen-bond donors (Lipinski definition) is 1. The fraction of sp³-hybridized carbons (Fsp3) is 0.722. The average molecular weight is 276 g/mol. The van der Waals surface area contributed by atoms with Gasteiger partial charge in [0, 0.05) is 17.9 Å². The third kappa shape index (κ3) is 6.51. The third-order valence-electron chi connectivity index (χ3n) is 3.97. The van der Waals surface area contributed by atoms with Crippen molar-refractivity contribution in [3.05, 3.63) is 29.6 Å². The number of unbranched alkanes of at least 4 members (excludes halogenated alkanes) is 6. The van der Waals surface area contributed by atoms with Crippen molar-refractivity contribution >= 4 is 0 Å². The summed E-state index contributed by atoms with van der Waals surface area (Å²) in [5.41, 5.74) is 2.54. The van der Waals surface area contributed by atoms with E-state index >= 15 is 0 Å². The Labute approximate surface area is 125 Å². The van der Waals surface area contributed by atoms with Crippen molar-refractivity contribution < 1.29 is 0 Å². The van der Waals surface area contributed by atoms with Gasteiger partial charge in [0.05, 0.1) is 0 Å². The number of aryl methyl sites for hydroxylation is 1. The van der Waals surface area contributed by atoms with Gasteiger partial charge < -0.3 is 5.32 Å². The van der Waals surface area contributed by atoms with Gasteiger partial charge in [0.25, 0.3) is 0 Å². The molecule has 1 heterocycles. The van der Waals surface area contributed by atoms with Crippen molar-refractivity contribution in [1.82, 2.24) is 10.3 Å². The molecule has 0 aliphatic heterocycles. The molecule has 114 valence electrons. The summed E-state index contributed by atoms with van der Waals surface area (Å²) in [5.74, 6) is 0. The highest BCUT2D eigenvalue weighted by molar-refractivity contribution is 5.22. The second kappa shape index (κ2) is 10.8. The molecule has 1 aromatic rings. The van der Waals surface area contributed by atoms with Crippen LogP contribution >= 0.6 is 0 Å². The van der Waals surface area contributed by atoms with Crippen LogP contribution < -0.4 is 5.32 Å². The molecule has 0 radical (unpaired) electrons. The predicted octanol–water partition coefficient (Wildman–Crippen LogP) is 5.18. The molecule has 0 amide bonds. The monoisotopic (exact) mass is 276 g/mol. The van der Waals surface area contributed by atoms with Crippen LogP contribution in [0.3, 0.4) is 0 Å². The maximum atomic E-state index is 4.42. The first kappa shape index (κ1) is 17.2. The molecule has 0 bridgehead atoms. The number of rotatable bonds is 11. The van der Waals surface area contributed by atoms with Gasteiger partial charge in [-0.15, -0.1) is 0 Å². The third-order valence-corrected chi connectivity index (χ3v) is 3.97. The summed E-state index contributed by atoms with van der Waals surface area (Å²) in [6, 6.07) is 4.75. The molecule has 0 spiro atoms. The van der Waals surface area contributed by atoms with Crippen LogP contribution in [0.25, 0.3) is 0 Å². The molecular formula is C18H32N2. The van der Waals surface area contributed by atoms with Crippen molar-refractivity contribution in [2.24, 2.45) is 0 Å². The summed E-state index contributed by atoms with van der Waals surface area (Å²) in [7, 11) is 0. The average Bonchev–Trinajstić information content (AvgIpc) is 2.46. The van der Waals surface area contributed by atoms with Gasteiger partial charge in [-0.2, -0.15) is 0 Å². The van der Waals surface area contributed by atoms with E-state index in [9.17, 15) is 0 Å². The Kier molecular flexibility index (Phi) is 9.31. The zero-order chi connectivity index (χ0) is 14.6. The highest BCUT2D eigenvalue weighted by Crippen LogP contribution is 2.22. The molecule has 0 fully saturated rings. The molecule has 1 unspecified atom stereocenters. The van der Waals surface area contributed by atoms with E-state index in [0.29, 0.717) is 6.04 Å². The van der Waals surface area contributed by atoms with Crippen LogP contribution in [0, 0.1) is 6.92 Å². The quantitative estimate of drug-likeness (QED) is 0.563. The maximum Gasteiger partial charge on any atom is 0.0420 e. The number of nitrogens with zero attached hydrogens (tertiary/aromatic N) is 1. The molecule has 0 saturated heterocycles. The molecule has 0 aliphatic carbocycles. The number of hydrogen-bond acceptors (Lipinski definition) is 2. The normalized spacial score (nSPS) is 12.6. The SMILES string of the molecule is CCCCCCCCCC(NCC)c1cccnc1C. The van der Waals surface area contributed by atoms with Crippen LogP contribution in [0.15, 0.2) is 18.3 Å². The first-order valence-electron chi connectivity index (χ1n) is 8.44. The Balaban J connectivity index is 2.31. The molecule has 2 heteroatoms. The first-order chi connectivity index (χ1) is 9.79. The van der Waals surface area contributed by atoms with Crippen molar-refractivity contribution in [1.29, 1.82) is 0 Å². The van der Waals surface area contributed by atoms with Crippen LogP contribution in [0.1, 0.15) is 82.5 Å². The Morgan fingerprint density at radius 2 is 1.75 bits per heavy atom. The molecule has 0 aromatic carbocycles. The van der Waals surface area contributed by atoms with Gasteiger partial charge in [-0.1, -0.05) is 64.9 Å². The minimum Gasteiger partial charge on any atom is -0.310 e. The van der Waals surface area contributed by atoms with E-state index in [0.717, 1.165) is 6.54 Å². The Hall–Kier alpha value is -0.890. The summed E-state index contributed by atoms with van der Waals surface area (Å²) in [6.45, 7) is 7.60. The molecule has 0 saturated carbocycles. The van der Waals surface area contributed by atoms with Crippen LogP contribution in [-0.2, 0) is 0 Å². The van der Waals surface area contributed by atoms with Crippen LogP contribution in [0.5, 0.6) is 0 Å². The van der Waals surface area contributed by atoms with Gasteiger partial charge in [0.2, 0.25) is 0 Å². The highest BCUT2D eigenvalue weighted by atomic mass is 14.9. The summed E-state index contributed by atoms with van der Waals surface area (Å²) < 4.78 is 0. The van der Waals surface area contributed by atoms with E-state index in [2.05, 4.69) is 43.2 Å². The summed E-state index contributed by atoms with van der Waals surface area (Å²) in [6.07, 6.45) is 12.7. The summed E-state index contributed by atoms with van der Waals surface area (Å²) >= 11 is 0. The minimum absolute atomic E-state index is 0.476. The fourth-order valence-corrected chi connectivity index (χ4v) is 2.78. The molecule has 1 N–H and O–H groups in total. The molecule has 20 heavy (non-hydrogen) atoms. The number of nitrogens with one attached hydrogen (secondary N) is 1. The van der Waals surface area contributed by atoms with Crippen LogP contribution in [0.2, 0.25) is 0 Å². The van der Waals surface area contributed by atoms with Crippen LogP contribution in [0.4, 0.5) is 0 Å². The van der Waals surface area contributed by atoms with Gasteiger partial charge in [-0.3, -0.25) is 4.98 Å². The lowest BCUT2D eigenvalue weighted by molar-refractivity contribution is 0.473. The standard InChI is InChI=1S/C18H32N2/c1-4-6-7-8-9-10-11-14-18(19-5-2)17-13-12-15-20-16(17)3/h12-13,15,18-19H,4-11,14H2,1-3H3. The lowest BCUT2D eigenvalue weighted by Crippen LogP contribution is -2.22. The van der Waals surface area contributed by atoms with Crippen molar-refractivity contribution in [3.8, 4) is 0 Å². The second-order valence-electron chi connectivity index (χ2n) is 5.70. The minimum atomic E-state index is 0.476. The van der Waals surface area contributed by atoms with E-state index in [1.807, 2.05) is 6.20 Å². The summed E-state index contributed by atoms with van der Waals surface area (Å²) in [5, 5.41) is 3.61. The largest absolute Gasteiger partial charge is 0.310 e. The van der Waals surface area contributed by atoms with E-state index in [4.69, 9.17) is 0 Å². The Bertz CT molecular complexity index is 349.